The largest absolute Gasteiger partial charge is 0.381 e. The summed E-state index contributed by atoms with van der Waals surface area (Å²) in [6.07, 6.45) is 5.09. The van der Waals surface area contributed by atoms with Crippen LogP contribution in [0.15, 0.2) is 0 Å². The Bertz CT molecular complexity index is 295. The number of carbonyl (C=O) groups excluding carboxylic acids is 1. The first kappa shape index (κ1) is 11.5. The zero-order valence-electron chi connectivity index (χ0n) is 10.7. The molecular formula is C14H23NO2. The maximum atomic E-state index is 12.3. The summed E-state index contributed by atoms with van der Waals surface area (Å²) in [5.41, 5.74) is 0. The smallest absolute Gasteiger partial charge is 0.226 e. The first-order chi connectivity index (χ1) is 8.31. The molecule has 3 nitrogen and oxygen atoms in total. The van der Waals surface area contributed by atoms with Gasteiger partial charge in [0.1, 0.15) is 0 Å². The fourth-order valence-electron chi connectivity index (χ4n) is 3.85. The lowest BCUT2D eigenvalue weighted by Crippen LogP contribution is -2.31. The van der Waals surface area contributed by atoms with Crippen molar-refractivity contribution in [1.29, 1.82) is 0 Å². The molecule has 3 aliphatic rings. The molecule has 2 aliphatic carbocycles. The van der Waals surface area contributed by atoms with E-state index in [1.165, 1.54) is 19.3 Å². The molecule has 17 heavy (non-hydrogen) atoms. The molecule has 1 amide bonds. The Morgan fingerprint density at radius 2 is 2.06 bits per heavy atom. The Morgan fingerprint density at radius 3 is 2.76 bits per heavy atom. The molecule has 0 aromatic heterocycles. The van der Waals surface area contributed by atoms with Gasteiger partial charge in [-0.2, -0.15) is 0 Å². The number of hydrogen-bond donors (Lipinski definition) is 0. The molecule has 0 spiro atoms. The quantitative estimate of drug-likeness (QED) is 0.747. The van der Waals surface area contributed by atoms with Crippen LogP contribution in [0.4, 0.5) is 0 Å². The number of ether oxygens (including phenoxy) is 1. The number of likely N-dealkylation sites (tertiary alicyclic amines) is 1. The topological polar surface area (TPSA) is 29.5 Å². The van der Waals surface area contributed by atoms with E-state index in [9.17, 15) is 4.79 Å². The van der Waals surface area contributed by atoms with Crippen LogP contribution in [0.1, 0.15) is 32.6 Å². The summed E-state index contributed by atoms with van der Waals surface area (Å²) in [4.78, 5) is 14.4. The van der Waals surface area contributed by atoms with Crippen LogP contribution in [-0.2, 0) is 9.53 Å². The van der Waals surface area contributed by atoms with E-state index in [0.717, 1.165) is 44.6 Å². The number of amides is 1. The second-order valence-corrected chi connectivity index (χ2v) is 5.88. The monoisotopic (exact) mass is 237 g/mol. The van der Waals surface area contributed by atoms with Gasteiger partial charge in [0.25, 0.3) is 0 Å². The first-order valence-electron chi connectivity index (χ1n) is 7.17. The summed E-state index contributed by atoms with van der Waals surface area (Å²) in [6.45, 7) is 5.56. The third kappa shape index (κ3) is 2.10. The number of fused-ring (bicyclic) bond motifs is 1. The fourth-order valence-corrected chi connectivity index (χ4v) is 3.85. The molecule has 1 aliphatic heterocycles. The fraction of sp³-hybridized carbons (Fsp3) is 0.929. The van der Waals surface area contributed by atoms with Gasteiger partial charge < -0.3 is 9.64 Å². The molecule has 3 heteroatoms. The van der Waals surface area contributed by atoms with Crippen LogP contribution in [0.2, 0.25) is 0 Å². The number of carbonyl (C=O) groups is 1. The van der Waals surface area contributed by atoms with Gasteiger partial charge in [0.05, 0.1) is 6.61 Å². The van der Waals surface area contributed by atoms with Crippen LogP contribution in [0.25, 0.3) is 0 Å². The van der Waals surface area contributed by atoms with Gasteiger partial charge in [-0.1, -0.05) is 6.42 Å². The molecule has 0 aromatic carbocycles. The zero-order chi connectivity index (χ0) is 11.8. The lowest BCUT2D eigenvalue weighted by atomic mass is 10.1. The normalized spacial score (nSPS) is 39.5. The molecule has 3 fully saturated rings. The summed E-state index contributed by atoms with van der Waals surface area (Å²) < 4.78 is 5.46. The van der Waals surface area contributed by atoms with Crippen molar-refractivity contribution in [2.45, 2.75) is 32.6 Å². The van der Waals surface area contributed by atoms with Gasteiger partial charge in [-0.3, -0.25) is 4.79 Å². The number of nitrogens with zero attached hydrogens (tertiary/aromatic N) is 1. The third-order valence-electron chi connectivity index (χ3n) is 4.85. The maximum Gasteiger partial charge on any atom is 0.226 e. The van der Waals surface area contributed by atoms with Gasteiger partial charge in [-0.05, 0) is 38.0 Å². The SMILES string of the molecule is CCOC[C@@H]1CCN(C(=O)C2[C@H]3CCC[C@@H]23)C1. The predicted molar refractivity (Wildman–Crippen MR) is 65.5 cm³/mol. The highest BCUT2D eigenvalue weighted by Crippen LogP contribution is 2.58. The molecule has 1 saturated heterocycles. The van der Waals surface area contributed by atoms with Crippen LogP contribution >= 0.6 is 0 Å². The van der Waals surface area contributed by atoms with Crippen molar-refractivity contribution >= 4 is 5.91 Å². The van der Waals surface area contributed by atoms with Gasteiger partial charge >= 0.3 is 0 Å². The van der Waals surface area contributed by atoms with Crippen molar-refractivity contribution in [1.82, 2.24) is 4.90 Å². The minimum Gasteiger partial charge on any atom is -0.381 e. The molecule has 1 heterocycles. The molecule has 0 N–H and O–H groups in total. The van der Waals surface area contributed by atoms with Gasteiger partial charge in [0.2, 0.25) is 5.91 Å². The first-order valence-corrected chi connectivity index (χ1v) is 7.17. The zero-order valence-corrected chi connectivity index (χ0v) is 10.7. The summed E-state index contributed by atoms with van der Waals surface area (Å²) in [5.74, 6) is 2.97. The Kier molecular flexibility index (Phi) is 3.12. The highest BCUT2D eigenvalue weighted by atomic mass is 16.5. The van der Waals surface area contributed by atoms with Gasteiger partial charge in [-0.15, -0.1) is 0 Å². The van der Waals surface area contributed by atoms with Crippen molar-refractivity contribution in [2.24, 2.45) is 23.7 Å². The molecule has 0 bridgehead atoms. The summed E-state index contributed by atoms with van der Waals surface area (Å²) in [6, 6.07) is 0. The highest BCUT2D eigenvalue weighted by Gasteiger charge is 2.57. The van der Waals surface area contributed by atoms with Gasteiger partial charge in [-0.25, -0.2) is 0 Å². The van der Waals surface area contributed by atoms with Crippen molar-refractivity contribution in [2.75, 3.05) is 26.3 Å². The third-order valence-corrected chi connectivity index (χ3v) is 4.85. The Labute approximate surface area is 104 Å². The van der Waals surface area contributed by atoms with Crippen LogP contribution in [0.3, 0.4) is 0 Å². The molecule has 3 rings (SSSR count). The van der Waals surface area contributed by atoms with Crippen molar-refractivity contribution in [3.8, 4) is 0 Å². The minimum atomic E-state index is 0.412. The van der Waals surface area contributed by atoms with E-state index in [1.54, 1.807) is 0 Å². The van der Waals surface area contributed by atoms with E-state index >= 15 is 0 Å². The molecular weight excluding hydrogens is 214 g/mol. The average molecular weight is 237 g/mol. The molecule has 1 unspecified atom stereocenters. The van der Waals surface area contributed by atoms with Crippen LogP contribution < -0.4 is 0 Å². The average Bonchev–Trinajstić information content (AvgIpc) is 2.77. The second-order valence-electron chi connectivity index (χ2n) is 5.88. The maximum absolute atomic E-state index is 12.3. The van der Waals surface area contributed by atoms with Crippen LogP contribution in [0, 0.1) is 23.7 Å². The van der Waals surface area contributed by atoms with Crippen molar-refractivity contribution in [3.05, 3.63) is 0 Å². The van der Waals surface area contributed by atoms with Crippen LogP contribution in [-0.4, -0.2) is 37.1 Å². The Morgan fingerprint density at radius 1 is 1.29 bits per heavy atom. The van der Waals surface area contributed by atoms with Crippen molar-refractivity contribution < 1.29 is 9.53 Å². The second kappa shape index (κ2) is 4.60. The lowest BCUT2D eigenvalue weighted by molar-refractivity contribution is -0.132. The molecule has 0 aromatic rings. The van der Waals surface area contributed by atoms with E-state index in [2.05, 4.69) is 4.90 Å². The standard InChI is InChI=1S/C14H23NO2/c1-2-17-9-10-6-7-15(8-10)14(16)13-11-4-3-5-12(11)13/h10-13H,2-9H2,1H3/t10-,11-,12+,13?/m1/s1. The number of rotatable bonds is 4. The molecule has 0 radical (unpaired) electrons. The lowest BCUT2D eigenvalue weighted by Gasteiger charge is -2.17. The molecule has 4 atom stereocenters. The van der Waals surface area contributed by atoms with Gasteiger partial charge in [0, 0.05) is 31.5 Å². The predicted octanol–water partition coefficient (Wildman–Crippen LogP) is 1.92. The van der Waals surface area contributed by atoms with E-state index < -0.39 is 0 Å². The molecule has 96 valence electrons. The van der Waals surface area contributed by atoms with E-state index in [1.807, 2.05) is 6.92 Å². The summed E-state index contributed by atoms with van der Waals surface area (Å²) in [5, 5.41) is 0. The van der Waals surface area contributed by atoms with E-state index in [4.69, 9.17) is 4.74 Å². The van der Waals surface area contributed by atoms with Crippen molar-refractivity contribution in [3.63, 3.8) is 0 Å². The summed E-state index contributed by atoms with van der Waals surface area (Å²) in [7, 11) is 0. The highest BCUT2D eigenvalue weighted by molar-refractivity contribution is 5.82. The van der Waals surface area contributed by atoms with Gasteiger partial charge in [0.15, 0.2) is 0 Å². The minimum absolute atomic E-state index is 0.412. The van der Waals surface area contributed by atoms with E-state index in [-0.39, 0.29) is 0 Å². The Balaban J connectivity index is 1.48. The van der Waals surface area contributed by atoms with Crippen LogP contribution in [0.5, 0.6) is 0 Å². The number of hydrogen-bond acceptors (Lipinski definition) is 2. The molecule has 2 saturated carbocycles. The van der Waals surface area contributed by atoms with E-state index in [0.29, 0.717) is 17.7 Å². The Hall–Kier alpha value is -0.570. The summed E-state index contributed by atoms with van der Waals surface area (Å²) >= 11 is 0.